The molecule has 1 aromatic heterocycles. The summed E-state index contributed by atoms with van der Waals surface area (Å²) in [6.45, 7) is 5.60. The van der Waals surface area contributed by atoms with Crippen molar-refractivity contribution in [1.82, 2.24) is 0 Å². The van der Waals surface area contributed by atoms with Gasteiger partial charge in [-0.15, -0.1) is 0 Å². The maximum Gasteiger partial charge on any atom is 0.374 e. The fourth-order valence-corrected chi connectivity index (χ4v) is 3.51. The standard InChI is InChI=1S/C13H20N3O6P/c1-4-19-13(17)11-7-10(8-15-16-14)12(22-11)9-23(18,20-5-2)21-6-3/h7H,4-6,8-9H2,1-3H3. The Hall–Kier alpha value is -1.79. The molecule has 23 heavy (non-hydrogen) atoms. The van der Waals surface area contributed by atoms with Crippen molar-refractivity contribution in [2.45, 2.75) is 33.5 Å². The predicted octanol–water partition coefficient (Wildman–Crippen LogP) is 4.03. The first-order chi connectivity index (χ1) is 11.0. The van der Waals surface area contributed by atoms with Crippen LogP contribution in [0.2, 0.25) is 0 Å². The molecule has 0 aliphatic carbocycles. The Labute approximate surface area is 134 Å². The molecule has 9 nitrogen and oxygen atoms in total. The maximum absolute atomic E-state index is 12.6. The Morgan fingerprint density at radius 2 is 1.96 bits per heavy atom. The summed E-state index contributed by atoms with van der Waals surface area (Å²) in [5.41, 5.74) is 8.89. The van der Waals surface area contributed by atoms with Gasteiger partial charge >= 0.3 is 13.6 Å². The third-order valence-corrected chi connectivity index (χ3v) is 4.64. The SMILES string of the molecule is CCOC(=O)c1cc(CN=[N+]=[N-])c(CP(=O)(OCC)OCC)o1. The molecule has 0 aliphatic heterocycles. The number of hydrogen-bond acceptors (Lipinski definition) is 7. The van der Waals surface area contributed by atoms with Gasteiger partial charge in [0.1, 0.15) is 11.9 Å². The number of rotatable bonds is 10. The summed E-state index contributed by atoms with van der Waals surface area (Å²) >= 11 is 0. The quantitative estimate of drug-likeness (QED) is 0.207. The van der Waals surface area contributed by atoms with E-state index in [1.165, 1.54) is 6.07 Å². The van der Waals surface area contributed by atoms with E-state index >= 15 is 0 Å². The van der Waals surface area contributed by atoms with Crippen LogP contribution in [-0.2, 0) is 31.1 Å². The first kappa shape index (κ1) is 19.3. The first-order valence-electron chi connectivity index (χ1n) is 7.17. The minimum Gasteiger partial charge on any atom is -0.460 e. The highest BCUT2D eigenvalue weighted by atomic mass is 31.2. The monoisotopic (exact) mass is 345 g/mol. The van der Waals surface area contributed by atoms with Crippen molar-refractivity contribution in [3.63, 3.8) is 0 Å². The number of esters is 1. The van der Waals surface area contributed by atoms with Crippen molar-refractivity contribution in [2.75, 3.05) is 19.8 Å². The fourth-order valence-electron chi connectivity index (χ4n) is 1.84. The van der Waals surface area contributed by atoms with Crippen molar-refractivity contribution in [3.8, 4) is 0 Å². The van der Waals surface area contributed by atoms with Crippen LogP contribution in [0.4, 0.5) is 0 Å². The number of hydrogen-bond donors (Lipinski definition) is 0. The van der Waals surface area contributed by atoms with Crippen LogP contribution < -0.4 is 0 Å². The predicted molar refractivity (Wildman–Crippen MR) is 82.1 cm³/mol. The Morgan fingerprint density at radius 3 is 2.48 bits per heavy atom. The summed E-state index contributed by atoms with van der Waals surface area (Å²) in [4.78, 5) is 14.4. The van der Waals surface area contributed by atoms with Gasteiger partial charge in [-0.1, -0.05) is 5.11 Å². The van der Waals surface area contributed by atoms with E-state index in [4.69, 9.17) is 23.7 Å². The maximum atomic E-state index is 12.6. The normalized spacial score (nSPS) is 11.1. The molecular weight excluding hydrogens is 325 g/mol. The molecule has 0 fully saturated rings. The van der Waals surface area contributed by atoms with Crippen molar-refractivity contribution in [1.29, 1.82) is 0 Å². The van der Waals surface area contributed by atoms with Gasteiger partial charge < -0.3 is 18.2 Å². The lowest BCUT2D eigenvalue weighted by molar-refractivity contribution is 0.0488. The van der Waals surface area contributed by atoms with Crippen molar-refractivity contribution < 1.29 is 27.6 Å². The molecule has 1 heterocycles. The zero-order valence-corrected chi connectivity index (χ0v) is 14.2. The zero-order chi connectivity index (χ0) is 17.3. The Bertz CT molecular complexity index is 613. The van der Waals surface area contributed by atoms with Crippen molar-refractivity contribution in [2.24, 2.45) is 5.11 Å². The summed E-state index contributed by atoms with van der Waals surface area (Å²) in [6.07, 6.45) is -0.162. The second kappa shape index (κ2) is 9.37. The van der Waals surface area contributed by atoms with Crippen molar-refractivity contribution >= 4 is 13.6 Å². The average Bonchev–Trinajstić information content (AvgIpc) is 2.88. The average molecular weight is 345 g/mol. The van der Waals surface area contributed by atoms with Gasteiger partial charge in [0.05, 0.1) is 26.4 Å². The molecule has 0 amide bonds. The number of nitrogens with zero attached hydrogens (tertiary/aromatic N) is 3. The van der Waals surface area contributed by atoms with Gasteiger partial charge in [0, 0.05) is 10.5 Å². The van der Waals surface area contributed by atoms with Crippen LogP contribution >= 0.6 is 7.60 Å². The van der Waals surface area contributed by atoms with E-state index in [-0.39, 0.29) is 44.0 Å². The number of azide groups is 1. The van der Waals surface area contributed by atoms with Gasteiger partial charge in [-0.2, -0.15) is 0 Å². The molecule has 0 unspecified atom stereocenters. The van der Waals surface area contributed by atoms with Crippen molar-refractivity contribution in [3.05, 3.63) is 33.6 Å². The summed E-state index contributed by atoms with van der Waals surface area (Å²) < 4.78 is 33.3. The molecule has 0 aromatic carbocycles. The highest BCUT2D eigenvalue weighted by molar-refractivity contribution is 7.53. The van der Waals surface area contributed by atoms with E-state index in [9.17, 15) is 9.36 Å². The summed E-state index contributed by atoms with van der Waals surface area (Å²) in [7, 11) is -3.41. The van der Waals surface area contributed by atoms with Gasteiger partial charge in [0.2, 0.25) is 5.76 Å². The van der Waals surface area contributed by atoms with E-state index in [0.29, 0.717) is 5.56 Å². The van der Waals surface area contributed by atoms with E-state index in [2.05, 4.69) is 10.0 Å². The van der Waals surface area contributed by atoms with Crippen LogP contribution in [0.5, 0.6) is 0 Å². The van der Waals surface area contributed by atoms with Crippen LogP contribution in [0.25, 0.3) is 10.4 Å². The molecule has 1 aromatic rings. The number of furan rings is 1. The van der Waals surface area contributed by atoms with E-state index in [1.807, 2.05) is 0 Å². The Balaban J connectivity index is 3.12. The van der Waals surface area contributed by atoms with Gasteiger partial charge in [-0.25, -0.2) is 4.79 Å². The molecule has 0 spiro atoms. The molecule has 0 bridgehead atoms. The molecule has 1 rings (SSSR count). The summed E-state index contributed by atoms with van der Waals surface area (Å²) in [6, 6.07) is 1.41. The molecule has 128 valence electrons. The Kier molecular flexibility index (Phi) is 7.85. The second-order valence-corrected chi connectivity index (χ2v) is 6.33. The number of ether oxygens (including phenoxy) is 1. The lowest BCUT2D eigenvalue weighted by Gasteiger charge is -2.16. The summed E-state index contributed by atoms with van der Waals surface area (Å²) in [5.74, 6) is -0.487. The molecule has 10 heteroatoms. The minimum atomic E-state index is -3.41. The molecule has 0 radical (unpaired) electrons. The second-order valence-electron chi connectivity index (χ2n) is 4.27. The lowest BCUT2D eigenvalue weighted by Crippen LogP contribution is -2.02. The van der Waals surface area contributed by atoms with Gasteiger partial charge in [-0.3, -0.25) is 4.57 Å². The topological polar surface area (TPSA) is 124 Å². The molecular formula is C13H20N3O6P. The van der Waals surface area contributed by atoms with E-state index in [0.717, 1.165) is 0 Å². The first-order valence-corrected chi connectivity index (χ1v) is 8.90. The summed E-state index contributed by atoms with van der Waals surface area (Å²) in [5, 5.41) is 3.44. The van der Waals surface area contributed by atoms with Crippen LogP contribution in [0, 0.1) is 0 Å². The van der Waals surface area contributed by atoms with Crippen LogP contribution in [0.15, 0.2) is 15.6 Å². The third-order valence-electron chi connectivity index (χ3n) is 2.67. The minimum absolute atomic E-state index is 0.0486. The molecule has 0 saturated heterocycles. The highest BCUT2D eigenvalue weighted by Gasteiger charge is 2.29. The zero-order valence-electron chi connectivity index (χ0n) is 13.4. The number of carbonyl (C=O) groups is 1. The molecule has 0 saturated carbocycles. The van der Waals surface area contributed by atoms with Crippen LogP contribution in [-0.4, -0.2) is 25.8 Å². The van der Waals surface area contributed by atoms with Gasteiger partial charge in [0.25, 0.3) is 0 Å². The lowest BCUT2D eigenvalue weighted by atomic mass is 10.2. The van der Waals surface area contributed by atoms with Crippen LogP contribution in [0.1, 0.15) is 42.6 Å². The molecule has 0 atom stereocenters. The van der Waals surface area contributed by atoms with E-state index < -0.39 is 13.6 Å². The fraction of sp³-hybridized carbons (Fsp3) is 0.615. The van der Waals surface area contributed by atoms with E-state index in [1.54, 1.807) is 20.8 Å². The third kappa shape index (κ3) is 5.73. The van der Waals surface area contributed by atoms with Gasteiger partial charge in [-0.05, 0) is 32.4 Å². The molecule has 0 aliphatic rings. The highest BCUT2D eigenvalue weighted by Crippen LogP contribution is 2.52. The largest absolute Gasteiger partial charge is 0.460 e. The van der Waals surface area contributed by atoms with Crippen LogP contribution in [0.3, 0.4) is 0 Å². The van der Waals surface area contributed by atoms with Gasteiger partial charge in [0.15, 0.2) is 0 Å². The molecule has 0 N–H and O–H groups in total. The number of carbonyl (C=O) groups excluding carboxylic acids is 1. The smallest absolute Gasteiger partial charge is 0.374 e. The Morgan fingerprint density at radius 1 is 1.30 bits per heavy atom.